The molecule has 0 aromatic heterocycles. The standard InChI is InChI=1S/C22H19N3O3S2/c26-21(14-23-22-17-10-4-7-13-20(17)30(27,28)25-22)24-18-11-5-6-12-19(18)29-15-16-8-2-1-3-9-16/h1-13H,14-15H2,(H,23,25)(H,24,26). The molecule has 8 heteroatoms. The highest BCUT2D eigenvalue weighted by atomic mass is 32.2. The second-order valence-corrected chi connectivity index (χ2v) is 9.25. The van der Waals surface area contributed by atoms with Crippen LogP contribution in [0.4, 0.5) is 5.69 Å². The summed E-state index contributed by atoms with van der Waals surface area (Å²) in [6.45, 7) is -0.191. The first-order chi connectivity index (χ1) is 14.5. The Morgan fingerprint density at radius 2 is 1.63 bits per heavy atom. The van der Waals surface area contributed by atoms with Gasteiger partial charge in [0.05, 0.1) is 10.6 Å². The Morgan fingerprint density at radius 3 is 2.47 bits per heavy atom. The van der Waals surface area contributed by atoms with Crippen molar-refractivity contribution in [1.82, 2.24) is 4.72 Å². The molecule has 0 bridgehead atoms. The molecule has 0 aliphatic carbocycles. The number of hydrogen-bond donors (Lipinski definition) is 2. The van der Waals surface area contributed by atoms with Crippen LogP contribution in [0.15, 0.2) is 93.6 Å². The number of anilines is 1. The quantitative estimate of drug-likeness (QED) is 0.576. The number of fused-ring (bicyclic) bond motifs is 1. The van der Waals surface area contributed by atoms with Crippen molar-refractivity contribution >= 4 is 39.2 Å². The predicted octanol–water partition coefficient (Wildman–Crippen LogP) is 3.66. The summed E-state index contributed by atoms with van der Waals surface area (Å²) < 4.78 is 26.7. The largest absolute Gasteiger partial charge is 0.323 e. The van der Waals surface area contributed by atoms with E-state index in [4.69, 9.17) is 0 Å². The first kappa shape index (κ1) is 20.2. The van der Waals surface area contributed by atoms with Crippen molar-refractivity contribution in [3.63, 3.8) is 0 Å². The lowest BCUT2D eigenvalue weighted by molar-refractivity contribution is -0.114. The van der Waals surface area contributed by atoms with Gasteiger partial charge in [-0.15, -0.1) is 11.8 Å². The topological polar surface area (TPSA) is 87.6 Å². The van der Waals surface area contributed by atoms with Gasteiger partial charge >= 0.3 is 0 Å². The zero-order valence-electron chi connectivity index (χ0n) is 15.9. The second kappa shape index (κ2) is 8.73. The van der Waals surface area contributed by atoms with Crippen LogP contribution in [0.3, 0.4) is 0 Å². The zero-order chi connectivity index (χ0) is 21.0. The molecule has 6 nitrogen and oxygen atoms in total. The lowest BCUT2D eigenvalue weighted by atomic mass is 10.2. The van der Waals surface area contributed by atoms with Crippen molar-refractivity contribution in [2.45, 2.75) is 15.5 Å². The van der Waals surface area contributed by atoms with Crippen molar-refractivity contribution in [1.29, 1.82) is 0 Å². The van der Waals surface area contributed by atoms with Crippen LogP contribution in [0, 0.1) is 0 Å². The minimum absolute atomic E-state index is 0.173. The molecule has 4 rings (SSSR count). The number of sulfonamides is 1. The fraction of sp³-hybridized carbons (Fsp3) is 0.0909. The molecule has 152 valence electrons. The number of amides is 1. The Hall–Kier alpha value is -3.10. The number of rotatable bonds is 6. The van der Waals surface area contributed by atoms with Crippen LogP contribution in [0.2, 0.25) is 0 Å². The third-order valence-corrected chi connectivity index (χ3v) is 6.98. The predicted molar refractivity (Wildman–Crippen MR) is 119 cm³/mol. The molecule has 0 saturated heterocycles. The van der Waals surface area contributed by atoms with E-state index in [0.717, 1.165) is 10.6 Å². The van der Waals surface area contributed by atoms with Crippen LogP contribution in [-0.4, -0.2) is 26.7 Å². The minimum Gasteiger partial charge on any atom is -0.323 e. The number of para-hydroxylation sites is 1. The summed E-state index contributed by atoms with van der Waals surface area (Å²) in [5.41, 5.74) is 2.38. The molecular formula is C22H19N3O3S2. The van der Waals surface area contributed by atoms with E-state index in [2.05, 4.69) is 27.2 Å². The Labute approximate surface area is 179 Å². The Kier molecular flexibility index (Phi) is 5.87. The SMILES string of the molecule is O=C(CN=C1NS(=O)(=O)c2ccccc21)Nc1ccccc1SCc1ccccc1. The molecule has 0 saturated carbocycles. The number of carbonyl (C=O) groups excluding carboxylic acids is 1. The van der Waals surface area contributed by atoms with E-state index >= 15 is 0 Å². The zero-order valence-corrected chi connectivity index (χ0v) is 17.5. The monoisotopic (exact) mass is 437 g/mol. The number of nitrogens with one attached hydrogen (secondary N) is 2. The Morgan fingerprint density at radius 1 is 0.933 bits per heavy atom. The number of nitrogens with zero attached hydrogens (tertiary/aromatic N) is 1. The van der Waals surface area contributed by atoms with E-state index in [0.29, 0.717) is 11.3 Å². The molecule has 2 N–H and O–H groups in total. The first-order valence-corrected chi connectivity index (χ1v) is 11.7. The molecule has 0 spiro atoms. The van der Waals surface area contributed by atoms with Crippen LogP contribution in [0.1, 0.15) is 11.1 Å². The first-order valence-electron chi connectivity index (χ1n) is 9.25. The van der Waals surface area contributed by atoms with Crippen LogP contribution in [0.25, 0.3) is 0 Å². The number of amidine groups is 1. The third-order valence-electron chi connectivity index (χ3n) is 4.44. The fourth-order valence-electron chi connectivity index (χ4n) is 3.02. The molecule has 0 fully saturated rings. The maximum Gasteiger partial charge on any atom is 0.263 e. The molecule has 3 aromatic carbocycles. The number of thioether (sulfide) groups is 1. The highest BCUT2D eigenvalue weighted by Crippen LogP contribution is 2.29. The Bertz CT molecular complexity index is 1210. The normalized spacial score (nSPS) is 15.4. The summed E-state index contributed by atoms with van der Waals surface area (Å²) in [5.74, 6) is 0.653. The van der Waals surface area contributed by atoms with E-state index in [1.165, 1.54) is 11.6 Å². The van der Waals surface area contributed by atoms with E-state index in [1.54, 1.807) is 30.0 Å². The lowest BCUT2D eigenvalue weighted by Crippen LogP contribution is -2.24. The number of benzene rings is 3. The highest BCUT2D eigenvalue weighted by molar-refractivity contribution is 7.98. The van der Waals surface area contributed by atoms with E-state index in [-0.39, 0.29) is 23.2 Å². The molecule has 0 unspecified atom stereocenters. The van der Waals surface area contributed by atoms with Gasteiger partial charge < -0.3 is 5.32 Å². The van der Waals surface area contributed by atoms with Gasteiger partial charge in [-0.1, -0.05) is 54.6 Å². The molecule has 1 aliphatic rings. The average molecular weight is 438 g/mol. The van der Waals surface area contributed by atoms with Gasteiger partial charge in [0.1, 0.15) is 12.4 Å². The Balaban J connectivity index is 1.43. The van der Waals surface area contributed by atoms with Crippen LogP contribution >= 0.6 is 11.8 Å². The molecule has 1 aliphatic heterocycles. The maximum atomic E-state index is 12.5. The van der Waals surface area contributed by atoms with Crippen molar-refractivity contribution in [3.8, 4) is 0 Å². The van der Waals surface area contributed by atoms with Crippen molar-refractivity contribution in [2.75, 3.05) is 11.9 Å². The molecule has 0 atom stereocenters. The number of aliphatic imine (C=N–C) groups is 1. The van der Waals surface area contributed by atoms with Crippen molar-refractivity contribution < 1.29 is 13.2 Å². The molecule has 1 heterocycles. The summed E-state index contributed by atoms with van der Waals surface area (Å²) in [4.78, 5) is 17.8. The van der Waals surface area contributed by atoms with Crippen molar-refractivity contribution in [3.05, 3.63) is 90.0 Å². The molecular weight excluding hydrogens is 418 g/mol. The van der Waals surface area contributed by atoms with E-state index in [1.807, 2.05) is 42.5 Å². The number of hydrogen-bond acceptors (Lipinski definition) is 5. The van der Waals surface area contributed by atoms with Gasteiger partial charge in [0.2, 0.25) is 5.91 Å². The minimum atomic E-state index is -3.62. The second-order valence-electron chi connectivity index (χ2n) is 6.59. The fourth-order valence-corrected chi connectivity index (χ4v) is 5.24. The van der Waals surface area contributed by atoms with Gasteiger partial charge in [0.25, 0.3) is 10.0 Å². The highest BCUT2D eigenvalue weighted by Gasteiger charge is 2.30. The third kappa shape index (κ3) is 4.55. The summed E-state index contributed by atoms with van der Waals surface area (Å²) in [7, 11) is -3.62. The van der Waals surface area contributed by atoms with Crippen LogP contribution < -0.4 is 10.0 Å². The van der Waals surface area contributed by atoms with Crippen LogP contribution in [0.5, 0.6) is 0 Å². The van der Waals surface area contributed by atoms with Gasteiger partial charge in [0.15, 0.2) is 0 Å². The lowest BCUT2D eigenvalue weighted by Gasteiger charge is -2.10. The molecule has 1 amide bonds. The van der Waals surface area contributed by atoms with Gasteiger partial charge in [-0.3, -0.25) is 14.5 Å². The van der Waals surface area contributed by atoms with Gasteiger partial charge in [-0.05, 0) is 29.8 Å². The smallest absolute Gasteiger partial charge is 0.263 e. The van der Waals surface area contributed by atoms with E-state index in [9.17, 15) is 13.2 Å². The van der Waals surface area contributed by atoms with Gasteiger partial charge in [-0.2, -0.15) is 0 Å². The molecule has 0 radical (unpaired) electrons. The maximum absolute atomic E-state index is 12.5. The summed E-state index contributed by atoms with van der Waals surface area (Å²) in [6.07, 6.45) is 0. The van der Waals surface area contributed by atoms with Gasteiger partial charge in [-0.25, -0.2) is 8.42 Å². The number of carbonyl (C=O) groups is 1. The molecule has 3 aromatic rings. The van der Waals surface area contributed by atoms with Crippen LogP contribution in [-0.2, 0) is 20.6 Å². The van der Waals surface area contributed by atoms with Crippen molar-refractivity contribution in [2.24, 2.45) is 4.99 Å². The summed E-state index contributed by atoms with van der Waals surface area (Å²) in [5, 5.41) is 2.87. The average Bonchev–Trinajstić information content (AvgIpc) is 3.03. The molecule has 30 heavy (non-hydrogen) atoms. The summed E-state index contributed by atoms with van der Waals surface area (Å²) >= 11 is 1.63. The van der Waals surface area contributed by atoms with E-state index < -0.39 is 10.0 Å². The summed E-state index contributed by atoms with van der Waals surface area (Å²) in [6, 6.07) is 24.2. The van der Waals surface area contributed by atoms with Gasteiger partial charge in [0, 0.05) is 16.2 Å².